The van der Waals surface area contributed by atoms with E-state index in [4.69, 9.17) is 11.6 Å². The monoisotopic (exact) mass is 162 g/mol. The van der Waals surface area contributed by atoms with Crippen molar-refractivity contribution in [2.75, 3.05) is 0 Å². The van der Waals surface area contributed by atoms with Crippen LogP contribution >= 0.6 is 11.6 Å². The Morgan fingerprint density at radius 2 is 2.20 bits per heavy atom. The van der Waals surface area contributed by atoms with Gasteiger partial charge in [0.05, 0.1) is 0 Å². The molecule has 0 fully saturated rings. The minimum Gasteiger partial charge on any atom is -0.446 e. The van der Waals surface area contributed by atoms with Crippen LogP contribution in [0.5, 0.6) is 0 Å². The summed E-state index contributed by atoms with van der Waals surface area (Å²) >= 11 is 4.99. The quantitative estimate of drug-likeness (QED) is 0.471. The van der Waals surface area contributed by atoms with Crippen molar-refractivity contribution < 1.29 is 9.53 Å². The van der Waals surface area contributed by atoms with Crippen LogP contribution in [0, 0.1) is 5.92 Å². The van der Waals surface area contributed by atoms with E-state index in [9.17, 15) is 4.79 Å². The second-order valence-corrected chi connectivity index (χ2v) is 2.61. The molecule has 0 aliphatic carbocycles. The van der Waals surface area contributed by atoms with Crippen molar-refractivity contribution in [1.29, 1.82) is 0 Å². The molecule has 0 saturated carbocycles. The van der Waals surface area contributed by atoms with Gasteiger partial charge in [0.15, 0.2) is 0 Å². The average molecular weight is 163 g/mol. The zero-order chi connectivity index (χ0) is 8.15. The van der Waals surface area contributed by atoms with Gasteiger partial charge in [-0.15, -0.1) is 0 Å². The molecular weight excluding hydrogens is 152 g/mol. The summed E-state index contributed by atoms with van der Waals surface area (Å²) in [6.45, 7) is 7.35. The fourth-order valence-corrected chi connectivity index (χ4v) is 0.666. The Labute approximate surface area is 65.8 Å². The first-order chi connectivity index (χ1) is 4.57. The third-order valence-electron chi connectivity index (χ3n) is 1.12. The highest BCUT2D eigenvalue weighted by Gasteiger charge is 2.12. The van der Waals surface area contributed by atoms with Gasteiger partial charge >= 0.3 is 5.43 Å². The summed E-state index contributed by atoms with van der Waals surface area (Å²) < 4.78 is 4.67. The molecule has 0 rings (SSSR count). The SMILES string of the molecule is C=CC(OC(=O)Cl)C(C)C. The Kier molecular flexibility index (Phi) is 4.12. The van der Waals surface area contributed by atoms with Crippen molar-refractivity contribution in [2.45, 2.75) is 20.0 Å². The van der Waals surface area contributed by atoms with E-state index in [0.717, 1.165) is 0 Å². The fraction of sp³-hybridized carbons (Fsp3) is 0.571. The number of ether oxygens (including phenoxy) is 1. The molecule has 0 radical (unpaired) electrons. The maximum absolute atomic E-state index is 10.2. The normalized spacial score (nSPS) is 12.8. The van der Waals surface area contributed by atoms with Crippen LogP contribution in [0.4, 0.5) is 4.79 Å². The molecule has 0 saturated heterocycles. The summed E-state index contributed by atoms with van der Waals surface area (Å²) in [7, 11) is 0. The summed E-state index contributed by atoms with van der Waals surface area (Å²) in [5, 5.41) is 0. The van der Waals surface area contributed by atoms with Crippen LogP contribution in [-0.2, 0) is 4.74 Å². The van der Waals surface area contributed by atoms with Crippen molar-refractivity contribution in [2.24, 2.45) is 5.92 Å². The molecule has 10 heavy (non-hydrogen) atoms. The molecule has 1 atom stereocenters. The lowest BCUT2D eigenvalue weighted by molar-refractivity contribution is 0.121. The van der Waals surface area contributed by atoms with Crippen LogP contribution < -0.4 is 0 Å². The molecule has 0 amide bonds. The molecular formula is C7H11ClO2. The fourth-order valence-electron chi connectivity index (χ4n) is 0.563. The highest BCUT2D eigenvalue weighted by Crippen LogP contribution is 2.08. The maximum Gasteiger partial charge on any atom is 0.404 e. The van der Waals surface area contributed by atoms with E-state index in [-0.39, 0.29) is 12.0 Å². The molecule has 0 spiro atoms. The van der Waals surface area contributed by atoms with Gasteiger partial charge in [-0.1, -0.05) is 26.5 Å². The van der Waals surface area contributed by atoms with Gasteiger partial charge in [-0.05, 0) is 5.92 Å². The lowest BCUT2D eigenvalue weighted by Crippen LogP contribution is -2.17. The Hall–Kier alpha value is -0.500. The Balaban J connectivity index is 3.83. The topological polar surface area (TPSA) is 26.3 Å². The maximum atomic E-state index is 10.2. The van der Waals surface area contributed by atoms with Crippen LogP contribution in [0.15, 0.2) is 12.7 Å². The Morgan fingerprint density at radius 3 is 2.30 bits per heavy atom. The van der Waals surface area contributed by atoms with E-state index in [1.54, 1.807) is 6.08 Å². The van der Waals surface area contributed by atoms with E-state index >= 15 is 0 Å². The summed E-state index contributed by atoms with van der Waals surface area (Å²) in [6.07, 6.45) is 1.29. The number of rotatable bonds is 3. The average Bonchev–Trinajstić information content (AvgIpc) is 1.81. The van der Waals surface area contributed by atoms with Crippen molar-refractivity contribution >= 4 is 17.0 Å². The molecule has 0 aromatic carbocycles. The summed E-state index contributed by atoms with van der Waals surface area (Å²) in [6, 6.07) is 0. The van der Waals surface area contributed by atoms with Gasteiger partial charge in [0.2, 0.25) is 0 Å². The van der Waals surface area contributed by atoms with Crippen molar-refractivity contribution in [3.05, 3.63) is 12.7 Å². The Morgan fingerprint density at radius 1 is 1.70 bits per heavy atom. The smallest absolute Gasteiger partial charge is 0.404 e. The first-order valence-corrected chi connectivity index (χ1v) is 3.44. The predicted octanol–water partition coefficient (Wildman–Crippen LogP) is 2.57. The van der Waals surface area contributed by atoms with Gasteiger partial charge in [-0.25, -0.2) is 4.79 Å². The van der Waals surface area contributed by atoms with Crippen LogP contribution in [0.2, 0.25) is 0 Å². The first-order valence-electron chi connectivity index (χ1n) is 3.06. The number of carbonyl (C=O) groups excluding carboxylic acids is 1. The molecule has 2 nitrogen and oxygen atoms in total. The number of hydrogen-bond acceptors (Lipinski definition) is 2. The zero-order valence-corrected chi connectivity index (χ0v) is 6.89. The molecule has 0 aliphatic heterocycles. The van der Waals surface area contributed by atoms with Gasteiger partial charge in [0.1, 0.15) is 6.10 Å². The van der Waals surface area contributed by atoms with E-state index in [2.05, 4.69) is 11.3 Å². The first kappa shape index (κ1) is 9.50. The zero-order valence-electron chi connectivity index (χ0n) is 6.13. The second-order valence-electron chi connectivity index (χ2n) is 2.30. The minimum atomic E-state index is -0.779. The van der Waals surface area contributed by atoms with Crippen molar-refractivity contribution in [1.82, 2.24) is 0 Å². The van der Waals surface area contributed by atoms with Crippen LogP contribution in [0.1, 0.15) is 13.8 Å². The lowest BCUT2D eigenvalue weighted by atomic mass is 10.1. The molecule has 0 aliphatic rings. The lowest BCUT2D eigenvalue weighted by Gasteiger charge is -2.14. The van der Waals surface area contributed by atoms with Gasteiger partial charge in [0, 0.05) is 11.6 Å². The van der Waals surface area contributed by atoms with E-state index < -0.39 is 5.43 Å². The van der Waals surface area contributed by atoms with Crippen LogP contribution in [-0.4, -0.2) is 11.5 Å². The second kappa shape index (κ2) is 4.34. The third kappa shape index (κ3) is 3.51. The van der Waals surface area contributed by atoms with Gasteiger partial charge in [-0.3, -0.25) is 0 Å². The largest absolute Gasteiger partial charge is 0.446 e. The van der Waals surface area contributed by atoms with Gasteiger partial charge < -0.3 is 4.74 Å². The summed E-state index contributed by atoms with van der Waals surface area (Å²) in [5.74, 6) is 0.222. The molecule has 58 valence electrons. The number of carbonyl (C=O) groups is 1. The number of halogens is 1. The van der Waals surface area contributed by atoms with Gasteiger partial charge in [-0.2, -0.15) is 0 Å². The van der Waals surface area contributed by atoms with Crippen LogP contribution in [0.3, 0.4) is 0 Å². The summed E-state index contributed by atoms with van der Waals surface area (Å²) in [5.41, 5.74) is -0.779. The molecule has 0 N–H and O–H groups in total. The third-order valence-corrected chi connectivity index (χ3v) is 1.21. The standard InChI is InChI=1S/C7H11ClO2/c1-4-6(5(2)3)10-7(8)9/h4-6H,1H2,2-3H3. The summed E-state index contributed by atoms with van der Waals surface area (Å²) in [4.78, 5) is 10.2. The molecule has 0 aromatic heterocycles. The van der Waals surface area contributed by atoms with E-state index in [1.165, 1.54) is 0 Å². The molecule has 0 bridgehead atoms. The molecule has 0 heterocycles. The van der Waals surface area contributed by atoms with Crippen LogP contribution in [0.25, 0.3) is 0 Å². The van der Waals surface area contributed by atoms with Crippen molar-refractivity contribution in [3.8, 4) is 0 Å². The molecule has 3 heteroatoms. The Bertz CT molecular complexity index is 132. The van der Waals surface area contributed by atoms with Gasteiger partial charge in [0.25, 0.3) is 0 Å². The number of hydrogen-bond donors (Lipinski definition) is 0. The molecule has 0 aromatic rings. The predicted molar refractivity (Wildman–Crippen MR) is 41.2 cm³/mol. The molecule has 1 unspecified atom stereocenters. The minimum absolute atomic E-state index is 0.222. The highest BCUT2D eigenvalue weighted by atomic mass is 35.5. The highest BCUT2D eigenvalue weighted by molar-refractivity contribution is 6.61. The van der Waals surface area contributed by atoms with E-state index in [1.807, 2.05) is 13.8 Å². The van der Waals surface area contributed by atoms with E-state index in [0.29, 0.717) is 0 Å². The van der Waals surface area contributed by atoms with Crippen molar-refractivity contribution in [3.63, 3.8) is 0 Å².